The fourth-order valence-electron chi connectivity index (χ4n) is 1.18. The van der Waals surface area contributed by atoms with E-state index in [1.807, 2.05) is 31.2 Å². The van der Waals surface area contributed by atoms with Gasteiger partial charge in [-0.05, 0) is 42.8 Å². The molecule has 0 aliphatic carbocycles. The number of halogens is 2. The van der Waals surface area contributed by atoms with Gasteiger partial charge in [0.15, 0.2) is 0 Å². The molecule has 0 saturated heterocycles. The molecular formula is C11H8BrClN2O. The molecule has 2 aromatic rings. The molecule has 0 amide bonds. The maximum Gasteiger partial charge on any atom is 0.225 e. The minimum atomic E-state index is 0.187. The summed E-state index contributed by atoms with van der Waals surface area (Å²) in [6.45, 7) is 1.84. The molecule has 16 heavy (non-hydrogen) atoms. The average Bonchev–Trinajstić information content (AvgIpc) is 2.20. The minimum absolute atomic E-state index is 0.187. The maximum absolute atomic E-state index is 5.73. The third kappa shape index (κ3) is 2.93. The van der Waals surface area contributed by atoms with Crippen LogP contribution < -0.4 is 4.74 Å². The zero-order valence-corrected chi connectivity index (χ0v) is 10.8. The fourth-order valence-corrected chi connectivity index (χ4v) is 1.66. The van der Waals surface area contributed by atoms with E-state index in [1.165, 1.54) is 0 Å². The summed E-state index contributed by atoms with van der Waals surface area (Å²) in [4.78, 5) is 7.93. The van der Waals surface area contributed by atoms with Gasteiger partial charge in [-0.2, -0.15) is 4.98 Å². The van der Waals surface area contributed by atoms with Gasteiger partial charge in [0.1, 0.15) is 5.75 Å². The van der Waals surface area contributed by atoms with Crippen molar-refractivity contribution in [3.63, 3.8) is 0 Å². The van der Waals surface area contributed by atoms with E-state index in [1.54, 1.807) is 6.07 Å². The van der Waals surface area contributed by atoms with Gasteiger partial charge in [0, 0.05) is 16.2 Å². The molecule has 0 spiro atoms. The molecule has 2 rings (SSSR count). The fraction of sp³-hybridized carbons (Fsp3) is 0.0909. The molecule has 0 unspecified atom stereocenters. The third-order valence-electron chi connectivity index (χ3n) is 1.84. The van der Waals surface area contributed by atoms with E-state index in [0.717, 1.165) is 10.2 Å². The van der Waals surface area contributed by atoms with E-state index in [-0.39, 0.29) is 5.28 Å². The van der Waals surface area contributed by atoms with Crippen molar-refractivity contribution in [1.29, 1.82) is 0 Å². The summed E-state index contributed by atoms with van der Waals surface area (Å²) in [5.74, 6) is 1.15. The molecule has 1 aromatic carbocycles. The number of benzene rings is 1. The summed E-state index contributed by atoms with van der Waals surface area (Å²) in [6, 6.07) is 9.20. The van der Waals surface area contributed by atoms with E-state index >= 15 is 0 Å². The lowest BCUT2D eigenvalue weighted by Crippen LogP contribution is -1.92. The lowest BCUT2D eigenvalue weighted by atomic mass is 10.3. The van der Waals surface area contributed by atoms with Crippen molar-refractivity contribution in [2.45, 2.75) is 6.92 Å². The van der Waals surface area contributed by atoms with Gasteiger partial charge in [-0.1, -0.05) is 15.9 Å². The number of aryl methyl sites for hydroxylation is 1. The number of hydrogen-bond acceptors (Lipinski definition) is 3. The molecule has 5 heteroatoms. The lowest BCUT2D eigenvalue weighted by molar-refractivity contribution is 0.461. The first-order valence-corrected chi connectivity index (χ1v) is 5.75. The van der Waals surface area contributed by atoms with Gasteiger partial charge in [0.05, 0.1) is 0 Å². The molecule has 3 nitrogen and oxygen atoms in total. The second-order valence-corrected chi connectivity index (χ2v) is 4.43. The quantitative estimate of drug-likeness (QED) is 0.786. The molecule has 1 heterocycles. The van der Waals surface area contributed by atoms with Crippen LogP contribution in [-0.4, -0.2) is 9.97 Å². The molecule has 1 aromatic heterocycles. The zero-order chi connectivity index (χ0) is 11.5. The van der Waals surface area contributed by atoms with Crippen LogP contribution in [0.1, 0.15) is 5.69 Å². The predicted octanol–water partition coefficient (Wildman–Crippen LogP) is 3.99. The van der Waals surface area contributed by atoms with Crippen molar-refractivity contribution in [1.82, 2.24) is 9.97 Å². The van der Waals surface area contributed by atoms with Crippen LogP contribution in [0.2, 0.25) is 5.28 Å². The normalized spacial score (nSPS) is 10.2. The second kappa shape index (κ2) is 4.80. The highest BCUT2D eigenvalue weighted by molar-refractivity contribution is 9.10. The Labute approximate surface area is 107 Å². The molecule has 0 saturated carbocycles. The smallest absolute Gasteiger partial charge is 0.225 e. The van der Waals surface area contributed by atoms with Crippen molar-refractivity contribution in [2.24, 2.45) is 0 Å². The van der Waals surface area contributed by atoms with Crippen molar-refractivity contribution in [3.05, 3.63) is 45.8 Å². The summed E-state index contributed by atoms with van der Waals surface area (Å²) in [5, 5.41) is 0.187. The maximum atomic E-state index is 5.73. The molecule has 82 valence electrons. The van der Waals surface area contributed by atoms with Crippen LogP contribution in [0, 0.1) is 6.92 Å². The summed E-state index contributed by atoms with van der Waals surface area (Å²) >= 11 is 9.08. The Hall–Kier alpha value is -1.13. The average molecular weight is 300 g/mol. The van der Waals surface area contributed by atoms with Crippen LogP contribution in [0.25, 0.3) is 0 Å². The first kappa shape index (κ1) is 11.4. The van der Waals surface area contributed by atoms with Gasteiger partial charge in [-0.15, -0.1) is 0 Å². The number of aromatic nitrogens is 2. The highest BCUT2D eigenvalue weighted by atomic mass is 79.9. The van der Waals surface area contributed by atoms with Crippen LogP contribution in [0.3, 0.4) is 0 Å². The molecule has 0 radical (unpaired) electrons. The standard InChI is InChI=1S/C11H8BrClN2O/c1-7-6-10(15-11(13)14-7)16-9-4-2-8(12)3-5-9/h2-6H,1H3. The molecule has 0 aliphatic rings. The first-order valence-electron chi connectivity index (χ1n) is 4.58. The Morgan fingerprint density at radius 1 is 1.19 bits per heavy atom. The largest absolute Gasteiger partial charge is 0.439 e. The van der Waals surface area contributed by atoms with Crippen molar-refractivity contribution in [2.75, 3.05) is 0 Å². The topological polar surface area (TPSA) is 35.0 Å². The second-order valence-electron chi connectivity index (χ2n) is 3.17. The Balaban J connectivity index is 2.23. The summed E-state index contributed by atoms with van der Waals surface area (Å²) in [7, 11) is 0. The van der Waals surface area contributed by atoms with Gasteiger partial charge in [0.2, 0.25) is 11.2 Å². The van der Waals surface area contributed by atoms with Crippen LogP contribution in [0.4, 0.5) is 0 Å². The molecular weight excluding hydrogens is 291 g/mol. The Morgan fingerprint density at radius 3 is 2.50 bits per heavy atom. The van der Waals surface area contributed by atoms with Gasteiger partial charge in [-0.3, -0.25) is 0 Å². The van der Waals surface area contributed by atoms with Gasteiger partial charge in [-0.25, -0.2) is 4.98 Å². The summed E-state index contributed by atoms with van der Waals surface area (Å²) in [6.07, 6.45) is 0. The van der Waals surface area contributed by atoms with Crippen LogP contribution in [0.15, 0.2) is 34.8 Å². The van der Waals surface area contributed by atoms with E-state index in [0.29, 0.717) is 11.6 Å². The van der Waals surface area contributed by atoms with E-state index in [2.05, 4.69) is 25.9 Å². The first-order chi connectivity index (χ1) is 7.63. The highest BCUT2D eigenvalue weighted by Crippen LogP contribution is 2.22. The SMILES string of the molecule is Cc1cc(Oc2ccc(Br)cc2)nc(Cl)n1. The number of ether oxygens (including phenoxy) is 1. The van der Waals surface area contributed by atoms with E-state index in [9.17, 15) is 0 Å². The monoisotopic (exact) mass is 298 g/mol. The van der Waals surface area contributed by atoms with Crippen LogP contribution in [-0.2, 0) is 0 Å². The van der Waals surface area contributed by atoms with Crippen molar-refractivity contribution >= 4 is 27.5 Å². The van der Waals surface area contributed by atoms with E-state index < -0.39 is 0 Å². The van der Waals surface area contributed by atoms with E-state index in [4.69, 9.17) is 16.3 Å². The summed E-state index contributed by atoms with van der Waals surface area (Å²) in [5.41, 5.74) is 0.770. The zero-order valence-electron chi connectivity index (χ0n) is 8.45. The number of rotatable bonds is 2. The van der Waals surface area contributed by atoms with Crippen LogP contribution >= 0.6 is 27.5 Å². The van der Waals surface area contributed by atoms with Crippen molar-refractivity contribution < 1.29 is 4.74 Å². The highest BCUT2D eigenvalue weighted by Gasteiger charge is 2.02. The molecule has 0 atom stereocenters. The number of hydrogen-bond donors (Lipinski definition) is 0. The lowest BCUT2D eigenvalue weighted by Gasteiger charge is -2.05. The molecule has 0 bridgehead atoms. The molecule has 0 aliphatic heterocycles. The Morgan fingerprint density at radius 2 is 1.88 bits per heavy atom. The third-order valence-corrected chi connectivity index (χ3v) is 2.54. The van der Waals surface area contributed by atoms with Gasteiger partial charge < -0.3 is 4.74 Å². The van der Waals surface area contributed by atoms with Gasteiger partial charge >= 0.3 is 0 Å². The number of nitrogens with zero attached hydrogens (tertiary/aromatic N) is 2. The Kier molecular flexibility index (Phi) is 3.41. The molecule has 0 N–H and O–H groups in total. The molecule has 0 fully saturated rings. The van der Waals surface area contributed by atoms with Gasteiger partial charge in [0.25, 0.3) is 0 Å². The Bertz CT molecular complexity index is 482. The summed E-state index contributed by atoms with van der Waals surface area (Å²) < 4.78 is 6.54. The van der Waals surface area contributed by atoms with Crippen molar-refractivity contribution in [3.8, 4) is 11.6 Å². The predicted molar refractivity (Wildman–Crippen MR) is 66.0 cm³/mol. The van der Waals surface area contributed by atoms with Crippen LogP contribution in [0.5, 0.6) is 11.6 Å². The minimum Gasteiger partial charge on any atom is -0.439 e.